The number of carbonyl (C=O) groups is 1. The molecule has 2 heterocycles. The number of thioether (sulfide) groups is 1. The Labute approximate surface area is 122 Å². The number of urea groups is 1. The summed E-state index contributed by atoms with van der Waals surface area (Å²) in [5, 5.41) is 1.02. The number of carbonyl (C=O) groups excluding carboxylic acids is 1. The van der Waals surface area contributed by atoms with Gasteiger partial charge < -0.3 is 10.2 Å². The standard InChI is InChI=1S/C11H17N3O2S2Si/c1-19(2,3)9-6-13-8(16-9)7-17-10-4-5-14(18-10)11(12)15/h4,6H,5,7H2,1-3H3,(H2,12,15). The van der Waals surface area contributed by atoms with Gasteiger partial charge in [-0.05, 0) is 18.0 Å². The Kier molecular flexibility index (Phi) is 4.31. The smallest absolute Gasteiger partial charge is 0.325 e. The molecule has 2 N–H and O–H groups in total. The molecule has 0 atom stereocenters. The first kappa shape index (κ1) is 14.5. The van der Waals surface area contributed by atoms with E-state index in [1.54, 1.807) is 11.8 Å². The van der Waals surface area contributed by atoms with Crippen molar-refractivity contribution in [2.45, 2.75) is 25.4 Å². The van der Waals surface area contributed by atoms with Gasteiger partial charge >= 0.3 is 6.03 Å². The van der Waals surface area contributed by atoms with E-state index >= 15 is 0 Å². The van der Waals surface area contributed by atoms with E-state index in [0.717, 1.165) is 15.5 Å². The molecule has 0 bridgehead atoms. The Morgan fingerprint density at radius 1 is 1.63 bits per heavy atom. The Balaban J connectivity index is 1.87. The molecule has 1 aliphatic heterocycles. The average molecular weight is 315 g/mol. The highest BCUT2D eigenvalue weighted by molar-refractivity contribution is 8.21. The molecule has 0 unspecified atom stereocenters. The van der Waals surface area contributed by atoms with Crippen molar-refractivity contribution in [3.8, 4) is 0 Å². The summed E-state index contributed by atoms with van der Waals surface area (Å²) in [5.41, 5.74) is 5.22. The zero-order valence-corrected chi connectivity index (χ0v) is 13.8. The summed E-state index contributed by atoms with van der Waals surface area (Å²) in [6.45, 7) is 7.24. The molecule has 5 nitrogen and oxygen atoms in total. The Morgan fingerprint density at radius 3 is 2.89 bits per heavy atom. The number of rotatable bonds is 4. The van der Waals surface area contributed by atoms with Crippen molar-refractivity contribution in [3.63, 3.8) is 0 Å². The third-order valence-corrected chi connectivity index (χ3v) is 6.53. The minimum absolute atomic E-state index is 0.408. The Bertz CT molecular complexity index is 510. The number of nitrogens with two attached hydrogens (primary N) is 1. The molecule has 0 saturated heterocycles. The maximum atomic E-state index is 11.0. The number of hydrogen-bond donors (Lipinski definition) is 1. The maximum Gasteiger partial charge on any atom is 0.325 e. The van der Waals surface area contributed by atoms with Crippen LogP contribution in [0.1, 0.15) is 5.89 Å². The van der Waals surface area contributed by atoms with Crippen LogP contribution in [0.25, 0.3) is 0 Å². The fourth-order valence-corrected chi connectivity index (χ4v) is 4.15. The van der Waals surface area contributed by atoms with Crippen molar-refractivity contribution < 1.29 is 9.21 Å². The third kappa shape index (κ3) is 3.80. The summed E-state index contributed by atoms with van der Waals surface area (Å²) in [6.07, 6.45) is 3.83. The van der Waals surface area contributed by atoms with Crippen LogP contribution in [0, 0.1) is 0 Å². The van der Waals surface area contributed by atoms with Crippen molar-refractivity contribution in [1.82, 2.24) is 9.29 Å². The van der Waals surface area contributed by atoms with E-state index in [1.165, 1.54) is 16.3 Å². The van der Waals surface area contributed by atoms with Crippen LogP contribution in [0.4, 0.5) is 4.79 Å². The Hall–Kier alpha value is -0.863. The molecule has 0 fully saturated rings. The Morgan fingerprint density at radius 2 is 2.37 bits per heavy atom. The third-order valence-electron chi connectivity index (χ3n) is 2.50. The number of hydrogen-bond acceptors (Lipinski definition) is 5. The highest BCUT2D eigenvalue weighted by Gasteiger charge is 2.23. The first-order chi connectivity index (χ1) is 8.86. The normalized spacial score (nSPS) is 15.7. The number of oxazole rings is 1. The summed E-state index contributed by atoms with van der Waals surface area (Å²) in [7, 11) is -1.43. The van der Waals surface area contributed by atoms with Gasteiger partial charge in [0.25, 0.3) is 0 Å². The monoisotopic (exact) mass is 315 g/mol. The molecule has 0 aliphatic carbocycles. The van der Waals surface area contributed by atoms with Gasteiger partial charge in [0.1, 0.15) is 13.5 Å². The zero-order valence-electron chi connectivity index (χ0n) is 11.2. The minimum Gasteiger partial charge on any atom is -0.450 e. The van der Waals surface area contributed by atoms with E-state index in [0.29, 0.717) is 12.3 Å². The lowest BCUT2D eigenvalue weighted by molar-refractivity contribution is 0.237. The van der Waals surface area contributed by atoms with Crippen LogP contribution in [-0.4, -0.2) is 29.9 Å². The van der Waals surface area contributed by atoms with Crippen molar-refractivity contribution in [1.29, 1.82) is 0 Å². The molecule has 8 heteroatoms. The van der Waals surface area contributed by atoms with Crippen LogP contribution < -0.4 is 11.1 Å². The summed E-state index contributed by atoms with van der Waals surface area (Å²) in [6, 6.07) is -0.408. The van der Waals surface area contributed by atoms with Gasteiger partial charge in [-0.15, -0.1) is 11.8 Å². The average Bonchev–Trinajstić information content (AvgIpc) is 2.95. The molecule has 0 saturated carbocycles. The number of primary amides is 1. The molecular weight excluding hydrogens is 298 g/mol. The first-order valence-corrected chi connectivity index (χ1v) is 11.2. The van der Waals surface area contributed by atoms with Crippen LogP contribution in [0.15, 0.2) is 20.9 Å². The van der Waals surface area contributed by atoms with Crippen LogP contribution in [0.5, 0.6) is 0 Å². The van der Waals surface area contributed by atoms with Gasteiger partial charge in [-0.1, -0.05) is 19.6 Å². The number of nitrogens with zero attached hydrogens (tertiary/aromatic N) is 2. The molecule has 104 valence electrons. The minimum atomic E-state index is -1.43. The molecule has 0 aromatic carbocycles. The lowest BCUT2D eigenvalue weighted by atomic mass is 10.6. The van der Waals surface area contributed by atoms with Crippen molar-refractivity contribution in [3.05, 3.63) is 22.4 Å². The van der Waals surface area contributed by atoms with E-state index in [4.69, 9.17) is 10.2 Å². The second-order valence-corrected chi connectivity index (χ2v) is 12.5. The van der Waals surface area contributed by atoms with Crippen LogP contribution in [0.2, 0.25) is 19.6 Å². The molecule has 1 aromatic rings. The van der Waals surface area contributed by atoms with E-state index in [9.17, 15) is 4.79 Å². The van der Waals surface area contributed by atoms with Crippen LogP contribution in [0.3, 0.4) is 0 Å². The van der Waals surface area contributed by atoms with Gasteiger partial charge in [-0.2, -0.15) is 0 Å². The summed E-state index contributed by atoms with van der Waals surface area (Å²) in [5.74, 6) is 1.41. The first-order valence-electron chi connectivity index (χ1n) is 5.89. The highest BCUT2D eigenvalue weighted by Crippen LogP contribution is 2.37. The second-order valence-electron chi connectivity index (χ2n) is 5.17. The van der Waals surface area contributed by atoms with Gasteiger partial charge in [-0.25, -0.2) is 9.78 Å². The van der Waals surface area contributed by atoms with Crippen molar-refractivity contribution in [2.75, 3.05) is 6.54 Å². The van der Waals surface area contributed by atoms with Crippen LogP contribution in [-0.2, 0) is 5.75 Å². The SMILES string of the molecule is C[Si](C)(C)c1cnc(CSC2=CCN(C(N)=O)S2)o1. The predicted octanol–water partition coefficient (Wildman–Crippen LogP) is 2.34. The van der Waals surface area contributed by atoms with Crippen molar-refractivity contribution in [2.24, 2.45) is 5.73 Å². The molecule has 0 radical (unpaired) electrons. The summed E-state index contributed by atoms with van der Waals surface area (Å²) < 4.78 is 8.35. The van der Waals surface area contributed by atoms with E-state index < -0.39 is 14.1 Å². The van der Waals surface area contributed by atoms with Gasteiger partial charge in [0, 0.05) is 0 Å². The van der Waals surface area contributed by atoms with E-state index in [-0.39, 0.29) is 0 Å². The number of amides is 2. The molecular formula is C11H17N3O2S2Si. The summed E-state index contributed by atoms with van der Waals surface area (Å²) in [4.78, 5) is 15.3. The molecule has 2 rings (SSSR count). The molecule has 0 spiro atoms. The molecule has 2 amide bonds. The lowest BCUT2D eigenvalue weighted by Crippen LogP contribution is -2.36. The second kappa shape index (κ2) is 5.64. The topological polar surface area (TPSA) is 72.4 Å². The highest BCUT2D eigenvalue weighted by atomic mass is 32.2. The number of aromatic nitrogens is 1. The van der Waals surface area contributed by atoms with E-state index in [1.807, 2.05) is 12.3 Å². The predicted molar refractivity (Wildman–Crippen MR) is 82.7 cm³/mol. The largest absolute Gasteiger partial charge is 0.450 e. The van der Waals surface area contributed by atoms with Gasteiger partial charge in [-0.3, -0.25) is 4.31 Å². The maximum absolute atomic E-state index is 11.0. The lowest BCUT2D eigenvalue weighted by Gasteiger charge is -2.10. The summed E-state index contributed by atoms with van der Waals surface area (Å²) >= 11 is 2.99. The zero-order chi connectivity index (χ0) is 14.0. The van der Waals surface area contributed by atoms with Crippen molar-refractivity contribution >= 4 is 43.2 Å². The van der Waals surface area contributed by atoms with Gasteiger partial charge in [0.2, 0.25) is 5.89 Å². The molecule has 1 aromatic heterocycles. The fraction of sp³-hybridized carbons (Fsp3) is 0.455. The van der Waals surface area contributed by atoms with Gasteiger partial charge in [0.15, 0.2) is 0 Å². The van der Waals surface area contributed by atoms with Crippen LogP contribution >= 0.6 is 23.7 Å². The molecule has 19 heavy (non-hydrogen) atoms. The molecule has 1 aliphatic rings. The quantitative estimate of drug-likeness (QED) is 0.682. The van der Waals surface area contributed by atoms with Gasteiger partial charge in [0.05, 0.1) is 22.7 Å². The van der Waals surface area contributed by atoms with E-state index in [2.05, 4.69) is 24.6 Å². The fourth-order valence-electron chi connectivity index (χ4n) is 1.42.